The summed E-state index contributed by atoms with van der Waals surface area (Å²) in [6.45, 7) is 1.96. The van der Waals surface area contributed by atoms with E-state index in [0.717, 1.165) is 12.0 Å². The van der Waals surface area contributed by atoms with Crippen LogP contribution in [0.1, 0.15) is 12.5 Å². The first-order chi connectivity index (χ1) is 5.15. The largest absolute Gasteiger partial charge is 0.508 e. The molecule has 0 amide bonds. The van der Waals surface area contributed by atoms with Crippen LogP contribution in [0.15, 0.2) is 12.1 Å². The molecule has 0 saturated heterocycles. The summed E-state index contributed by atoms with van der Waals surface area (Å²) in [6.07, 6.45) is 0.771. The van der Waals surface area contributed by atoms with Gasteiger partial charge in [0, 0.05) is 6.07 Å². The van der Waals surface area contributed by atoms with E-state index < -0.39 is 0 Å². The van der Waals surface area contributed by atoms with Crippen LogP contribution in [0.5, 0.6) is 5.75 Å². The first-order valence-electron chi connectivity index (χ1n) is 3.32. The molecule has 60 valence electrons. The zero-order chi connectivity index (χ0) is 8.43. The molecule has 3 heteroatoms. The third-order valence-electron chi connectivity index (χ3n) is 1.47. The van der Waals surface area contributed by atoms with Crippen molar-refractivity contribution in [2.45, 2.75) is 13.3 Å². The Balaban J connectivity index is 3.24. The number of benzene rings is 1. The zero-order valence-electron chi connectivity index (χ0n) is 6.06. The molecule has 0 spiro atoms. The Morgan fingerprint density at radius 2 is 2.00 bits per heavy atom. The Hall–Kier alpha value is -0.400. The van der Waals surface area contributed by atoms with Crippen LogP contribution in [-0.2, 0) is 6.42 Å². The molecular formula is C8H8Cl2O. The van der Waals surface area contributed by atoms with Crippen LogP contribution in [0, 0.1) is 0 Å². The molecule has 0 aliphatic rings. The van der Waals surface area contributed by atoms with Gasteiger partial charge in [0.2, 0.25) is 0 Å². The summed E-state index contributed by atoms with van der Waals surface area (Å²) in [6, 6.07) is 3.05. The van der Waals surface area contributed by atoms with Gasteiger partial charge in [0.05, 0.1) is 10.0 Å². The maximum absolute atomic E-state index is 9.11. The quantitative estimate of drug-likeness (QED) is 0.722. The molecule has 1 rings (SSSR count). The van der Waals surface area contributed by atoms with E-state index in [4.69, 9.17) is 28.3 Å². The third kappa shape index (κ3) is 1.79. The van der Waals surface area contributed by atoms with Gasteiger partial charge < -0.3 is 5.11 Å². The molecule has 0 unspecified atom stereocenters. The molecule has 0 aromatic heterocycles. The zero-order valence-corrected chi connectivity index (χ0v) is 7.58. The molecule has 0 saturated carbocycles. The normalized spacial score (nSPS) is 10.1. The highest BCUT2D eigenvalue weighted by Crippen LogP contribution is 2.30. The van der Waals surface area contributed by atoms with Gasteiger partial charge in [0.25, 0.3) is 0 Å². The Morgan fingerprint density at radius 3 is 2.55 bits per heavy atom. The molecular weight excluding hydrogens is 183 g/mol. The van der Waals surface area contributed by atoms with E-state index in [2.05, 4.69) is 0 Å². The molecule has 0 fully saturated rings. The lowest BCUT2D eigenvalue weighted by Crippen LogP contribution is -1.82. The summed E-state index contributed by atoms with van der Waals surface area (Å²) in [5.74, 6) is 0.163. The number of hydrogen-bond donors (Lipinski definition) is 1. The predicted octanol–water partition coefficient (Wildman–Crippen LogP) is 3.26. The van der Waals surface area contributed by atoms with Crippen molar-refractivity contribution in [2.24, 2.45) is 0 Å². The second-order valence-corrected chi connectivity index (χ2v) is 3.04. The van der Waals surface area contributed by atoms with Gasteiger partial charge in [0.1, 0.15) is 5.75 Å². The fourth-order valence-corrected chi connectivity index (χ4v) is 1.36. The first-order valence-corrected chi connectivity index (χ1v) is 4.07. The lowest BCUT2D eigenvalue weighted by molar-refractivity contribution is 0.474. The maximum atomic E-state index is 9.11. The van der Waals surface area contributed by atoms with Crippen LogP contribution in [0.25, 0.3) is 0 Å². The highest BCUT2D eigenvalue weighted by Gasteiger charge is 2.04. The van der Waals surface area contributed by atoms with E-state index in [0.29, 0.717) is 10.0 Å². The highest BCUT2D eigenvalue weighted by atomic mass is 35.5. The molecule has 0 atom stereocenters. The van der Waals surface area contributed by atoms with Gasteiger partial charge in [-0.2, -0.15) is 0 Å². The van der Waals surface area contributed by atoms with E-state index in [1.807, 2.05) is 6.92 Å². The molecule has 0 aliphatic carbocycles. The third-order valence-corrected chi connectivity index (χ3v) is 2.31. The minimum absolute atomic E-state index is 0.163. The number of halogens is 2. The molecule has 0 heterocycles. The summed E-state index contributed by atoms with van der Waals surface area (Å²) >= 11 is 11.5. The minimum atomic E-state index is 0.163. The summed E-state index contributed by atoms with van der Waals surface area (Å²) in [7, 11) is 0. The maximum Gasteiger partial charge on any atom is 0.117 e. The van der Waals surface area contributed by atoms with Crippen molar-refractivity contribution in [3.8, 4) is 5.75 Å². The number of aryl methyl sites for hydroxylation is 1. The van der Waals surface area contributed by atoms with Gasteiger partial charge in [-0.05, 0) is 18.1 Å². The van der Waals surface area contributed by atoms with Crippen LogP contribution in [0.2, 0.25) is 10.0 Å². The first kappa shape index (κ1) is 8.69. The number of aromatic hydroxyl groups is 1. The summed E-state index contributed by atoms with van der Waals surface area (Å²) < 4.78 is 0. The summed E-state index contributed by atoms with van der Waals surface area (Å²) in [4.78, 5) is 0. The van der Waals surface area contributed by atoms with Crippen molar-refractivity contribution >= 4 is 23.2 Å². The van der Waals surface area contributed by atoms with Crippen LogP contribution in [-0.4, -0.2) is 5.11 Å². The number of rotatable bonds is 1. The average Bonchev–Trinajstić information content (AvgIpc) is 1.96. The average molecular weight is 191 g/mol. The molecule has 0 radical (unpaired) electrons. The molecule has 11 heavy (non-hydrogen) atoms. The lowest BCUT2D eigenvalue weighted by atomic mass is 10.1. The molecule has 1 nitrogen and oxygen atoms in total. The predicted molar refractivity (Wildman–Crippen MR) is 47.5 cm³/mol. The van der Waals surface area contributed by atoms with Gasteiger partial charge in [-0.25, -0.2) is 0 Å². The topological polar surface area (TPSA) is 20.2 Å². The Morgan fingerprint density at radius 1 is 1.36 bits per heavy atom. The van der Waals surface area contributed by atoms with Crippen LogP contribution < -0.4 is 0 Å². The summed E-state index contributed by atoms with van der Waals surface area (Å²) in [5, 5.41) is 10.0. The Kier molecular flexibility index (Phi) is 2.63. The molecule has 1 aromatic rings. The van der Waals surface area contributed by atoms with Crippen LogP contribution in [0.4, 0.5) is 0 Å². The van der Waals surface area contributed by atoms with E-state index in [9.17, 15) is 0 Å². The van der Waals surface area contributed by atoms with Crippen molar-refractivity contribution in [3.05, 3.63) is 27.7 Å². The van der Waals surface area contributed by atoms with E-state index in [-0.39, 0.29) is 5.75 Å². The van der Waals surface area contributed by atoms with Gasteiger partial charge >= 0.3 is 0 Å². The molecule has 0 bridgehead atoms. The van der Waals surface area contributed by atoms with Crippen molar-refractivity contribution in [3.63, 3.8) is 0 Å². The van der Waals surface area contributed by atoms with Gasteiger partial charge in [-0.15, -0.1) is 0 Å². The number of phenols is 1. The van der Waals surface area contributed by atoms with Crippen LogP contribution in [0.3, 0.4) is 0 Å². The molecule has 0 aliphatic heterocycles. The Labute approximate surface area is 75.6 Å². The lowest BCUT2D eigenvalue weighted by Gasteiger charge is -2.03. The van der Waals surface area contributed by atoms with Crippen molar-refractivity contribution < 1.29 is 5.11 Å². The van der Waals surface area contributed by atoms with Crippen molar-refractivity contribution in [2.75, 3.05) is 0 Å². The number of phenolic OH excluding ortho intramolecular Hbond substituents is 1. The van der Waals surface area contributed by atoms with Crippen LogP contribution >= 0.6 is 23.2 Å². The minimum Gasteiger partial charge on any atom is -0.508 e. The van der Waals surface area contributed by atoms with E-state index in [1.54, 1.807) is 6.07 Å². The van der Waals surface area contributed by atoms with Crippen molar-refractivity contribution in [1.29, 1.82) is 0 Å². The smallest absolute Gasteiger partial charge is 0.117 e. The van der Waals surface area contributed by atoms with Crippen molar-refractivity contribution in [1.82, 2.24) is 0 Å². The highest BCUT2D eigenvalue weighted by molar-refractivity contribution is 6.42. The fraction of sp³-hybridized carbons (Fsp3) is 0.250. The van der Waals surface area contributed by atoms with Gasteiger partial charge in [-0.3, -0.25) is 0 Å². The molecule has 1 N–H and O–H groups in total. The van der Waals surface area contributed by atoms with E-state index in [1.165, 1.54) is 6.07 Å². The second-order valence-electron chi connectivity index (χ2n) is 2.25. The van der Waals surface area contributed by atoms with Gasteiger partial charge in [0.15, 0.2) is 0 Å². The number of hydrogen-bond acceptors (Lipinski definition) is 1. The standard InChI is InChI=1S/C8H8Cl2O/c1-2-5-3-6(11)4-7(9)8(5)10/h3-4,11H,2H2,1H3. The second kappa shape index (κ2) is 3.33. The summed E-state index contributed by atoms with van der Waals surface area (Å²) in [5.41, 5.74) is 0.872. The monoisotopic (exact) mass is 190 g/mol. The van der Waals surface area contributed by atoms with E-state index >= 15 is 0 Å². The SMILES string of the molecule is CCc1cc(O)cc(Cl)c1Cl. The molecule has 1 aromatic carbocycles. The fourth-order valence-electron chi connectivity index (χ4n) is 0.887. The van der Waals surface area contributed by atoms with Gasteiger partial charge in [-0.1, -0.05) is 30.1 Å². The Bertz CT molecular complexity index is 271.